The first-order valence-electron chi connectivity index (χ1n) is 6.96. The molecule has 1 unspecified atom stereocenters. The molecule has 21 heavy (non-hydrogen) atoms. The highest BCUT2D eigenvalue weighted by molar-refractivity contribution is 5.99. The van der Waals surface area contributed by atoms with Crippen LogP contribution >= 0.6 is 0 Å². The SMILES string of the molecule is COc1cc(C)ccc1C(=O)COC(C)c1ccccc1. The minimum Gasteiger partial charge on any atom is -0.496 e. The van der Waals surface area contributed by atoms with Crippen LogP contribution in [0.2, 0.25) is 0 Å². The lowest BCUT2D eigenvalue weighted by Gasteiger charge is -2.14. The third-order valence-electron chi connectivity index (χ3n) is 3.39. The van der Waals surface area contributed by atoms with Crippen LogP contribution in [-0.2, 0) is 4.74 Å². The minimum atomic E-state index is -0.119. The van der Waals surface area contributed by atoms with Crippen LogP contribution in [0.25, 0.3) is 0 Å². The highest BCUT2D eigenvalue weighted by Gasteiger charge is 2.14. The molecule has 110 valence electrons. The summed E-state index contributed by atoms with van der Waals surface area (Å²) in [6, 6.07) is 15.4. The van der Waals surface area contributed by atoms with Crippen molar-refractivity contribution >= 4 is 5.78 Å². The van der Waals surface area contributed by atoms with Crippen molar-refractivity contribution in [1.82, 2.24) is 0 Å². The van der Waals surface area contributed by atoms with Crippen LogP contribution in [0.5, 0.6) is 5.75 Å². The molecule has 0 aromatic heterocycles. The Morgan fingerprint density at radius 2 is 1.86 bits per heavy atom. The number of Topliss-reactive ketones (excluding diaryl/α,β-unsaturated/α-hetero) is 1. The van der Waals surface area contributed by atoms with Gasteiger partial charge in [-0.3, -0.25) is 4.79 Å². The summed E-state index contributed by atoms with van der Waals surface area (Å²) in [5.41, 5.74) is 2.67. The summed E-state index contributed by atoms with van der Waals surface area (Å²) in [6.07, 6.45) is -0.119. The lowest BCUT2D eigenvalue weighted by atomic mass is 10.1. The van der Waals surface area contributed by atoms with Crippen molar-refractivity contribution in [3.05, 3.63) is 65.2 Å². The fourth-order valence-electron chi connectivity index (χ4n) is 2.13. The normalized spacial score (nSPS) is 12.0. The number of rotatable bonds is 6. The number of hydrogen-bond donors (Lipinski definition) is 0. The van der Waals surface area contributed by atoms with Crippen molar-refractivity contribution in [3.8, 4) is 5.75 Å². The van der Waals surface area contributed by atoms with Gasteiger partial charge in [-0.05, 0) is 37.1 Å². The quantitative estimate of drug-likeness (QED) is 0.753. The van der Waals surface area contributed by atoms with E-state index in [0.29, 0.717) is 11.3 Å². The van der Waals surface area contributed by atoms with E-state index >= 15 is 0 Å². The molecule has 3 heteroatoms. The van der Waals surface area contributed by atoms with Crippen LogP contribution in [0.1, 0.15) is 34.5 Å². The molecule has 0 aliphatic carbocycles. The van der Waals surface area contributed by atoms with Gasteiger partial charge in [0.2, 0.25) is 0 Å². The number of ether oxygens (including phenoxy) is 2. The lowest BCUT2D eigenvalue weighted by Crippen LogP contribution is -2.12. The molecule has 0 fully saturated rings. The standard InChI is InChI=1S/C18H20O3/c1-13-9-10-16(18(11-13)20-3)17(19)12-21-14(2)15-7-5-4-6-8-15/h4-11,14H,12H2,1-3H3. The van der Waals surface area contributed by atoms with E-state index in [0.717, 1.165) is 11.1 Å². The second kappa shape index (κ2) is 7.04. The first-order valence-corrected chi connectivity index (χ1v) is 6.96. The number of carbonyl (C=O) groups is 1. The van der Waals surface area contributed by atoms with Crippen molar-refractivity contribution in [1.29, 1.82) is 0 Å². The molecule has 0 spiro atoms. The van der Waals surface area contributed by atoms with Gasteiger partial charge >= 0.3 is 0 Å². The Morgan fingerprint density at radius 3 is 2.52 bits per heavy atom. The predicted octanol–water partition coefficient (Wildman–Crippen LogP) is 3.96. The third-order valence-corrected chi connectivity index (χ3v) is 3.39. The van der Waals surface area contributed by atoms with Crippen LogP contribution < -0.4 is 4.74 Å². The smallest absolute Gasteiger partial charge is 0.192 e. The van der Waals surface area contributed by atoms with Gasteiger partial charge in [-0.2, -0.15) is 0 Å². The minimum absolute atomic E-state index is 0.0372. The van der Waals surface area contributed by atoms with E-state index in [1.807, 2.05) is 56.3 Å². The van der Waals surface area contributed by atoms with Gasteiger partial charge in [-0.1, -0.05) is 36.4 Å². The molecule has 0 N–H and O–H groups in total. The molecule has 3 nitrogen and oxygen atoms in total. The average Bonchev–Trinajstić information content (AvgIpc) is 2.52. The molecular formula is C18H20O3. The van der Waals surface area contributed by atoms with E-state index in [2.05, 4.69) is 0 Å². The highest BCUT2D eigenvalue weighted by Crippen LogP contribution is 2.22. The maximum absolute atomic E-state index is 12.3. The lowest BCUT2D eigenvalue weighted by molar-refractivity contribution is 0.0519. The molecule has 0 bridgehead atoms. The Morgan fingerprint density at radius 1 is 1.14 bits per heavy atom. The van der Waals surface area contributed by atoms with E-state index in [-0.39, 0.29) is 18.5 Å². The zero-order valence-corrected chi connectivity index (χ0v) is 12.6. The molecule has 2 aromatic rings. The largest absolute Gasteiger partial charge is 0.496 e. The Kier molecular flexibility index (Phi) is 5.12. The van der Waals surface area contributed by atoms with E-state index in [1.165, 1.54) is 0 Å². The Labute approximate surface area is 125 Å². The van der Waals surface area contributed by atoms with Gasteiger partial charge in [-0.15, -0.1) is 0 Å². The van der Waals surface area contributed by atoms with Gasteiger partial charge in [-0.25, -0.2) is 0 Å². The van der Waals surface area contributed by atoms with Crippen molar-refractivity contribution in [2.24, 2.45) is 0 Å². The third kappa shape index (κ3) is 3.92. The Balaban J connectivity index is 2.02. The second-order valence-corrected chi connectivity index (χ2v) is 4.99. The molecule has 0 radical (unpaired) electrons. The molecule has 2 aromatic carbocycles. The number of aryl methyl sites for hydroxylation is 1. The van der Waals surface area contributed by atoms with Gasteiger partial charge in [0.1, 0.15) is 12.4 Å². The number of carbonyl (C=O) groups excluding carboxylic acids is 1. The zero-order valence-electron chi connectivity index (χ0n) is 12.6. The summed E-state index contributed by atoms with van der Waals surface area (Å²) in [6.45, 7) is 3.94. The molecule has 1 atom stereocenters. The van der Waals surface area contributed by atoms with Gasteiger partial charge in [0.15, 0.2) is 5.78 Å². The summed E-state index contributed by atoms with van der Waals surface area (Å²) in [5.74, 6) is 0.519. The summed E-state index contributed by atoms with van der Waals surface area (Å²) < 4.78 is 10.9. The fraction of sp³-hybridized carbons (Fsp3) is 0.278. The molecule has 0 heterocycles. The number of benzene rings is 2. The zero-order chi connectivity index (χ0) is 15.2. The highest BCUT2D eigenvalue weighted by atomic mass is 16.5. The van der Waals surface area contributed by atoms with Crippen molar-refractivity contribution in [2.75, 3.05) is 13.7 Å². The molecule has 2 rings (SSSR count). The van der Waals surface area contributed by atoms with Crippen LogP contribution in [0.4, 0.5) is 0 Å². The first-order chi connectivity index (χ1) is 10.1. The molecule has 0 aliphatic rings. The van der Waals surface area contributed by atoms with Gasteiger partial charge in [0.05, 0.1) is 18.8 Å². The molecule has 0 saturated carbocycles. The Bertz CT molecular complexity index is 605. The number of hydrogen-bond acceptors (Lipinski definition) is 3. The Hall–Kier alpha value is -2.13. The van der Waals surface area contributed by atoms with E-state index < -0.39 is 0 Å². The van der Waals surface area contributed by atoms with Gasteiger partial charge < -0.3 is 9.47 Å². The van der Waals surface area contributed by atoms with Crippen LogP contribution in [0, 0.1) is 6.92 Å². The summed E-state index contributed by atoms with van der Waals surface area (Å²) in [4.78, 5) is 12.3. The van der Waals surface area contributed by atoms with E-state index in [4.69, 9.17) is 9.47 Å². The van der Waals surface area contributed by atoms with Crippen LogP contribution in [0.15, 0.2) is 48.5 Å². The topological polar surface area (TPSA) is 35.5 Å². The van der Waals surface area contributed by atoms with E-state index in [1.54, 1.807) is 13.2 Å². The number of methoxy groups -OCH3 is 1. The molecule has 0 aliphatic heterocycles. The first kappa shape index (κ1) is 15.3. The monoisotopic (exact) mass is 284 g/mol. The van der Waals surface area contributed by atoms with Crippen molar-refractivity contribution < 1.29 is 14.3 Å². The molecule has 0 saturated heterocycles. The average molecular weight is 284 g/mol. The van der Waals surface area contributed by atoms with Crippen LogP contribution in [0.3, 0.4) is 0 Å². The van der Waals surface area contributed by atoms with E-state index in [9.17, 15) is 4.79 Å². The molecule has 0 amide bonds. The van der Waals surface area contributed by atoms with Crippen LogP contribution in [-0.4, -0.2) is 19.5 Å². The maximum Gasteiger partial charge on any atom is 0.192 e. The van der Waals surface area contributed by atoms with Crippen molar-refractivity contribution in [2.45, 2.75) is 20.0 Å². The predicted molar refractivity (Wildman–Crippen MR) is 82.9 cm³/mol. The van der Waals surface area contributed by atoms with Crippen molar-refractivity contribution in [3.63, 3.8) is 0 Å². The van der Waals surface area contributed by atoms with Gasteiger partial charge in [0, 0.05) is 0 Å². The second-order valence-electron chi connectivity index (χ2n) is 4.99. The maximum atomic E-state index is 12.3. The summed E-state index contributed by atoms with van der Waals surface area (Å²) >= 11 is 0. The summed E-state index contributed by atoms with van der Waals surface area (Å²) in [7, 11) is 1.57. The van der Waals surface area contributed by atoms with Gasteiger partial charge in [0.25, 0.3) is 0 Å². The molecular weight excluding hydrogens is 264 g/mol. The summed E-state index contributed by atoms with van der Waals surface area (Å²) in [5, 5.41) is 0. The number of ketones is 1. The fourth-order valence-corrected chi connectivity index (χ4v) is 2.13.